The number of benzene rings is 3. The van der Waals surface area contributed by atoms with E-state index in [9.17, 15) is 9.90 Å². The number of hydrogen-bond acceptors (Lipinski definition) is 4. The normalized spacial score (nSPS) is 14.4. The van der Waals surface area contributed by atoms with Crippen LogP contribution in [0.3, 0.4) is 0 Å². The van der Waals surface area contributed by atoms with Crippen LogP contribution in [0.5, 0.6) is 11.5 Å². The lowest BCUT2D eigenvalue weighted by Gasteiger charge is -2.14. The zero-order valence-corrected chi connectivity index (χ0v) is 17.1. The summed E-state index contributed by atoms with van der Waals surface area (Å²) in [6.07, 6.45) is 0. The Labute approximate surface area is 176 Å². The Morgan fingerprint density at radius 3 is 2.23 bits per heavy atom. The summed E-state index contributed by atoms with van der Waals surface area (Å²) in [6, 6.07) is 22.4. The molecule has 2 N–H and O–H groups in total. The number of rotatable bonds is 6. The smallest absolute Gasteiger partial charge is 0.257 e. The second-order valence-electron chi connectivity index (χ2n) is 7.47. The maximum Gasteiger partial charge on any atom is 0.257 e. The molecule has 3 aromatic rings. The molecule has 0 radical (unpaired) electrons. The van der Waals surface area contributed by atoms with Gasteiger partial charge in [0.15, 0.2) is 0 Å². The predicted octanol–water partition coefficient (Wildman–Crippen LogP) is 4.24. The van der Waals surface area contributed by atoms with Crippen LogP contribution in [0.15, 0.2) is 72.8 Å². The van der Waals surface area contributed by atoms with Crippen LogP contribution in [0.4, 0.5) is 5.69 Å². The molecule has 0 fully saturated rings. The Balaban J connectivity index is 1.78. The highest BCUT2D eigenvalue weighted by molar-refractivity contribution is 6.38. The number of aromatic hydroxyl groups is 1. The number of carbonyl (C=O) groups excluding carboxylic acids is 1. The summed E-state index contributed by atoms with van der Waals surface area (Å²) in [6.45, 7) is 1.44. The molecule has 152 valence electrons. The second kappa shape index (κ2) is 8.43. The molecule has 0 aliphatic carbocycles. The molecule has 0 aromatic heterocycles. The number of hydrogen-bond donors (Lipinski definition) is 2. The molecule has 0 saturated heterocycles. The molecule has 0 bridgehead atoms. The van der Waals surface area contributed by atoms with Crippen LogP contribution in [-0.2, 0) is 4.79 Å². The van der Waals surface area contributed by atoms with Crippen molar-refractivity contribution in [3.63, 3.8) is 0 Å². The van der Waals surface area contributed by atoms with Crippen molar-refractivity contribution in [2.45, 2.75) is 0 Å². The first-order valence-corrected chi connectivity index (χ1v) is 9.85. The van der Waals surface area contributed by atoms with Crippen LogP contribution < -0.4 is 10.1 Å². The van der Waals surface area contributed by atoms with Crippen LogP contribution in [0.25, 0.3) is 11.1 Å². The van der Waals surface area contributed by atoms with E-state index in [4.69, 9.17) is 4.74 Å². The minimum absolute atomic E-state index is 0.134. The quantitative estimate of drug-likeness (QED) is 0.608. The van der Waals surface area contributed by atoms with Crippen LogP contribution in [-0.4, -0.2) is 43.2 Å². The van der Waals surface area contributed by atoms with Crippen molar-refractivity contribution >= 4 is 22.7 Å². The molecule has 3 aromatic carbocycles. The van der Waals surface area contributed by atoms with Gasteiger partial charge in [0.2, 0.25) is 0 Å². The van der Waals surface area contributed by atoms with Crippen molar-refractivity contribution in [3.05, 3.63) is 89.5 Å². The number of fused-ring (bicyclic) bond motifs is 1. The zero-order chi connectivity index (χ0) is 21.1. The molecule has 1 heterocycles. The fourth-order valence-corrected chi connectivity index (χ4v) is 3.51. The fourth-order valence-electron chi connectivity index (χ4n) is 3.51. The summed E-state index contributed by atoms with van der Waals surface area (Å²) in [5.74, 6) is 0.835. The van der Waals surface area contributed by atoms with Gasteiger partial charge in [0, 0.05) is 23.4 Å². The third-order valence-electron chi connectivity index (χ3n) is 5.03. The second-order valence-corrected chi connectivity index (χ2v) is 7.47. The van der Waals surface area contributed by atoms with Crippen LogP contribution in [0.1, 0.15) is 16.7 Å². The molecule has 1 aliphatic rings. The van der Waals surface area contributed by atoms with E-state index in [0.29, 0.717) is 12.2 Å². The number of phenols is 1. The molecule has 4 rings (SSSR count). The standard InChI is InChI=1S/C25H24N2O3/c1-27(2)15-16-30-20-13-9-18(10-14-20)23(17-7-11-19(28)12-8-17)24-21-5-3-4-6-22(21)26-25(24)29/h3-14,28H,15-16H2,1-2H3,(H,26,29)/b24-23-. The highest BCUT2D eigenvalue weighted by Crippen LogP contribution is 2.40. The Morgan fingerprint density at radius 1 is 0.933 bits per heavy atom. The summed E-state index contributed by atoms with van der Waals surface area (Å²) in [5.41, 5.74) is 4.88. The molecule has 0 spiro atoms. The number of anilines is 1. The van der Waals surface area contributed by atoms with Gasteiger partial charge in [-0.2, -0.15) is 0 Å². The van der Waals surface area contributed by atoms with Gasteiger partial charge in [-0.1, -0.05) is 42.5 Å². The summed E-state index contributed by atoms with van der Waals surface area (Å²) < 4.78 is 5.81. The van der Waals surface area contributed by atoms with Gasteiger partial charge in [0.1, 0.15) is 18.1 Å². The average molecular weight is 400 g/mol. The Bertz CT molecular complexity index is 1080. The summed E-state index contributed by atoms with van der Waals surface area (Å²) in [7, 11) is 4.01. The van der Waals surface area contributed by atoms with Crippen LogP contribution >= 0.6 is 0 Å². The van der Waals surface area contributed by atoms with Gasteiger partial charge < -0.3 is 20.1 Å². The maximum atomic E-state index is 12.9. The monoisotopic (exact) mass is 400 g/mol. The predicted molar refractivity (Wildman–Crippen MR) is 120 cm³/mol. The molecular formula is C25H24N2O3. The number of likely N-dealkylation sites (N-methyl/N-ethyl adjacent to an activating group) is 1. The van der Waals surface area contributed by atoms with E-state index in [1.165, 1.54) is 0 Å². The van der Waals surface area contributed by atoms with Crippen LogP contribution in [0, 0.1) is 0 Å². The number of nitrogens with one attached hydrogen (secondary N) is 1. The van der Waals surface area contributed by atoms with Gasteiger partial charge in [-0.25, -0.2) is 0 Å². The van der Waals surface area contributed by atoms with Crippen molar-refractivity contribution in [1.29, 1.82) is 0 Å². The van der Waals surface area contributed by atoms with E-state index in [1.807, 2.05) is 74.8 Å². The lowest BCUT2D eigenvalue weighted by Crippen LogP contribution is -2.19. The van der Waals surface area contributed by atoms with E-state index < -0.39 is 0 Å². The Kier molecular flexibility index (Phi) is 5.55. The molecule has 1 amide bonds. The lowest BCUT2D eigenvalue weighted by atomic mass is 9.90. The molecule has 0 atom stereocenters. The maximum absolute atomic E-state index is 12.9. The van der Waals surface area contributed by atoms with Crippen molar-refractivity contribution in [1.82, 2.24) is 4.90 Å². The molecule has 0 saturated carbocycles. The lowest BCUT2D eigenvalue weighted by molar-refractivity contribution is -0.110. The van der Waals surface area contributed by atoms with Gasteiger partial charge in [-0.05, 0) is 55.6 Å². The Morgan fingerprint density at radius 2 is 1.57 bits per heavy atom. The number of amides is 1. The molecule has 5 nitrogen and oxygen atoms in total. The number of para-hydroxylation sites is 1. The zero-order valence-electron chi connectivity index (χ0n) is 17.1. The summed E-state index contributed by atoms with van der Waals surface area (Å²) in [5, 5.41) is 12.7. The van der Waals surface area contributed by atoms with E-state index in [1.54, 1.807) is 12.1 Å². The summed E-state index contributed by atoms with van der Waals surface area (Å²) >= 11 is 0. The first-order valence-electron chi connectivity index (χ1n) is 9.85. The van der Waals surface area contributed by atoms with Gasteiger partial charge in [0.05, 0.1) is 5.57 Å². The van der Waals surface area contributed by atoms with Crippen molar-refractivity contribution in [2.75, 3.05) is 32.6 Å². The van der Waals surface area contributed by atoms with E-state index >= 15 is 0 Å². The average Bonchev–Trinajstić information content (AvgIpc) is 3.06. The minimum Gasteiger partial charge on any atom is -0.508 e. The highest BCUT2D eigenvalue weighted by atomic mass is 16.5. The molecular weight excluding hydrogens is 376 g/mol. The first kappa shape index (κ1) is 19.7. The molecule has 0 unspecified atom stereocenters. The van der Waals surface area contributed by atoms with E-state index in [2.05, 4.69) is 10.2 Å². The number of phenolic OH excluding ortho intramolecular Hbond substituents is 1. The van der Waals surface area contributed by atoms with E-state index in [0.717, 1.165) is 40.2 Å². The topological polar surface area (TPSA) is 61.8 Å². The summed E-state index contributed by atoms with van der Waals surface area (Å²) in [4.78, 5) is 15.0. The SMILES string of the molecule is CN(C)CCOc1ccc(/C(=C2\C(=O)Nc3ccccc32)c2ccc(O)cc2)cc1. The van der Waals surface area contributed by atoms with E-state index in [-0.39, 0.29) is 11.7 Å². The third kappa shape index (κ3) is 4.07. The van der Waals surface area contributed by atoms with Crippen molar-refractivity contribution < 1.29 is 14.6 Å². The third-order valence-corrected chi connectivity index (χ3v) is 5.03. The largest absolute Gasteiger partial charge is 0.508 e. The van der Waals surface area contributed by atoms with Crippen molar-refractivity contribution in [2.24, 2.45) is 0 Å². The molecule has 1 aliphatic heterocycles. The van der Waals surface area contributed by atoms with Crippen molar-refractivity contribution in [3.8, 4) is 11.5 Å². The van der Waals surface area contributed by atoms with Crippen LogP contribution in [0.2, 0.25) is 0 Å². The number of ether oxygens (including phenoxy) is 1. The van der Waals surface area contributed by atoms with Gasteiger partial charge >= 0.3 is 0 Å². The fraction of sp³-hybridized carbons (Fsp3) is 0.160. The molecule has 30 heavy (non-hydrogen) atoms. The number of nitrogens with zero attached hydrogens (tertiary/aromatic N) is 1. The van der Waals surface area contributed by atoms with Gasteiger partial charge in [0.25, 0.3) is 5.91 Å². The highest BCUT2D eigenvalue weighted by Gasteiger charge is 2.28. The molecule has 5 heteroatoms. The number of carbonyl (C=O) groups is 1. The minimum atomic E-state index is -0.134. The van der Waals surface area contributed by atoms with Gasteiger partial charge in [-0.15, -0.1) is 0 Å². The Hall–Kier alpha value is -3.57. The van der Waals surface area contributed by atoms with Gasteiger partial charge in [-0.3, -0.25) is 4.79 Å². The first-order chi connectivity index (χ1) is 14.5.